The Labute approximate surface area is 98.2 Å². The van der Waals surface area contributed by atoms with Crippen LogP contribution in [0.3, 0.4) is 0 Å². The lowest BCUT2D eigenvalue weighted by Crippen LogP contribution is -2.18. The molecule has 1 aliphatic carbocycles. The smallest absolute Gasteiger partial charge is 0.0762 e. The first-order valence-corrected chi connectivity index (χ1v) is 6.54. The van der Waals surface area contributed by atoms with Gasteiger partial charge in [0.15, 0.2) is 0 Å². The third-order valence-corrected chi connectivity index (χ3v) is 3.58. The molecule has 2 rings (SSSR count). The number of aromatic nitrogens is 2. The SMILES string of the molecule is CCNCc1ccn(C2CCC(C)CC2)n1. The normalized spacial score (nSPS) is 25.9. The minimum atomic E-state index is 0.645. The van der Waals surface area contributed by atoms with Gasteiger partial charge < -0.3 is 5.32 Å². The summed E-state index contributed by atoms with van der Waals surface area (Å²) in [5.74, 6) is 0.910. The predicted octanol–water partition coefficient (Wildman–Crippen LogP) is 2.74. The molecule has 0 radical (unpaired) electrons. The van der Waals surface area contributed by atoms with Crippen LogP contribution in [0.1, 0.15) is 51.3 Å². The van der Waals surface area contributed by atoms with Gasteiger partial charge >= 0.3 is 0 Å². The molecule has 1 aromatic rings. The summed E-state index contributed by atoms with van der Waals surface area (Å²) in [6, 6.07) is 2.78. The zero-order valence-corrected chi connectivity index (χ0v) is 10.4. The van der Waals surface area contributed by atoms with E-state index in [2.05, 4.69) is 41.2 Å². The molecular weight excluding hydrogens is 198 g/mol. The van der Waals surface area contributed by atoms with Crippen molar-refractivity contribution in [1.82, 2.24) is 15.1 Å². The van der Waals surface area contributed by atoms with Crippen LogP contribution in [-0.4, -0.2) is 16.3 Å². The van der Waals surface area contributed by atoms with Crippen molar-refractivity contribution in [3.63, 3.8) is 0 Å². The van der Waals surface area contributed by atoms with E-state index < -0.39 is 0 Å². The lowest BCUT2D eigenvalue weighted by molar-refractivity contribution is 0.273. The molecule has 0 unspecified atom stereocenters. The van der Waals surface area contributed by atoms with Gasteiger partial charge in [0.2, 0.25) is 0 Å². The third kappa shape index (κ3) is 2.85. The zero-order chi connectivity index (χ0) is 11.4. The van der Waals surface area contributed by atoms with E-state index in [-0.39, 0.29) is 0 Å². The van der Waals surface area contributed by atoms with Crippen LogP contribution in [0.2, 0.25) is 0 Å². The highest BCUT2D eigenvalue weighted by molar-refractivity contribution is 4.99. The standard InChI is InChI=1S/C13H23N3/c1-3-14-10-12-8-9-16(15-12)13-6-4-11(2)5-7-13/h8-9,11,13-14H,3-7,10H2,1-2H3. The molecule has 0 amide bonds. The Morgan fingerprint density at radius 1 is 1.38 bits per heavy atom. The first-order valence-electron chi connectivity index (χ1n) is 6.54. The molecule has 3 nitrogen and oxygen atoms in total. The molecule has 1 saturated carbocycles. The fourth-order valence-corrected chi connectivity index (χ4v) is 2.44. The van der Waals surface area contributed by atoms with Gasteiger partial charge in [0.1, 0.15) is 0 Å². The van der Waals surface area contributed by atoms with E-state index in [9.17, 15) is 0 Å². The van der Waals surface area contributed by atoms with Crippen molar-refractivity contribution in [3.05, 3.63) is 18.0 Å². The third-order valence-electron chi connectivity index (χ3n) is 3.58. The summed E-state index contributed by atoms with van der Waals surface area (Å²) < 4.78 is 2.18. The van der Waals surface area contributed by atoms with Crippen LogP contribution in [0.4, 0.5) is 0 Å². The van der Waals surface area contributed by atoms with Crippen molar-refractivity contribution in [1.29, 1.82) is 0 Å². The highest BCUT2D eigenvalue weighted by Crippen LogP contribution is 2.31. The van der Waals surface area contributed by atoms with Crippen LogP contribution < -0.4 is 5.32 Å². The molecule has 0 spiro atoms. The fraction of sp³-hybridized carbons (Fsp3) is 0.769. The van der Waals surface area contributed by atoms with E-state index in [1.807, 2.05) is 0 Å². The quantitative estimate of drug-likeness (QED) is 0.847. The summed E-state index contributed by atoms with van der Waals surface area (Å²) >= 11 is 0. The molecule has 90 valence electrons. The van der Waals surface area contributed by atoms with E-state index in [0.717, 1.165) is 19.0 Å². The summed E-state index contributed by atoms with van der Waals surface area (Å²) in [5, 5.41) is 7.96. The van der Waals surface area contributed by atoms with Gasteiger partial charge in [-0.2, -0.15) is 5.10 Å². The van der Waals surface area contributed by atoms with Gasteiger partial charge in [-0.05, 0) is 44.2 Å². The first kappa shape index (κ1) is 11.6. The monoisotopic (exact) mass is 221 g/mol. The average Bonchev–Trinajstić information content (AvgIpc) is 2.76. The van der Waals surface area contributed by atoms with Crippen LogP contribution in [0.25, 0.3) is 0 Å². The number of hydrogen-bond acceptors (Lipinski definition) is 2. The molecule has 0 bridgehead atoms. The molecule has 16 heavy (non-hydrogen) atoms. The molecular formula is C13H23N3. The van der Waals surface area contributed by atoms with Gasteiger partial charge in [-0.15, -0.1) is 0 Å². The highest BCUT2D eigenvalue weighted by atomic mass is 15.3. The van der Waals surface area contributed by atoms with Crippen molar-refractivity contribution in [2.45, 2.75) is 52.1 Å². The van der Waals surface area contributed by atoms with Crippen LogP contribution in [0.15, 0.2) is 12.3 Å². The number of hydrogen-bond donors (Lipinski definition) is 1. The molecule has 0 atom stereocenters. The highest BCUT2D eigenvalue weighted by Gasteiger charge is 2.19. The maximum atomic E-state index is 4.65. The lowest BCUT2D eigenvalue weighted by Gasteiger charge is -2.26. The summed E-state index contributed by atoms with van der Waals surface area (Å²) in [5.41, 5.74) is 1.17. The van der Waals surface area contributed by atoms with Crippen LogP contribution >= 0.6 is 0 Å². The maximum absolute atomic E-state index is 4.65. The topological polar surface area (TPSA) is 29.9 Å². The summed E-state index contributed by atoms with van der Waals surface area (Å²) in [7, 11) is 0. The minimum absolute atomic E-state index is 0.645. The Morgan fingerprint density at radius 2 is 2.12 bits per heavy atom. The second kappa shape index (κ2) is 5.48. The lowest BCUT2D eigenvalue weighted by atomic mass is 9.87. The molecule has 1 fully saturated rings. The van der Waals surface area contributed by atoms with Crippen LogP contribution in [-0.2, 0) is 6.54 Å². The van der Waals surface area contributed by atoms with E-state index in [1.54, 1.807) is 0 Å². The van der Waals surface area contributed by atoms with E-state index in [0.29, 0.717) is 6.04 Å². The van der Waals surface area contributed by atoms with Crippen molar-refractivity contribution in [2.24, 2.45) is 5.92 Å². The molecule has 1 aliphatic rings. The Kier molecular flexibility index (Phi) is 3.99. The molecule has 0 aliphatic heterocycles. The van der Waals surface area contributed by atoms with E-state index in [4.69, 9.17) is 0 Å². The summed E-state index contributed by atoms with van der Waals surface area (Å²) in [4.78, 5) is 0. The largest absolute Gasteiger partial charge is 0.311 e. The summed E-state index contributed by atoms with van der Waals surface area (Å²) in [6.45, 7) is 6.38. The zero-order valence-electron chi connectivity index (χ0n) is 10.4. The first-order chi connectivity index (χ1) is 7.79. The number of nitrogens with zero attached hydrogens (tertiary/aromatic N) is 2. The fourth-order valence-electron chi connectivity index (χ4n) is 2.44. The van der Waals surface area contributed by atoms with Gasteiger partial charge in [0, 0.05) is 12.7 Å². The van der Waals surface area contributed by atoms with E-state index in [1.165, 1.54) is 31.4 Å². The molecule has 1 N–H and O–H groups in total. The van der Waals surface area contributed by atoms with Crippen molar-refractivity contribution in [3.8, 4) is 0 Å². The second-order valence-corrected chi connectivity index (χ2v) is 4.98. The van der Waals surface area contributed by atoms with Gasteiger partial charge in [-0.3, -0.25) is 4.68 Å². The van der Waals surface area contributed by atoms with Crippen molar-refractivity contribution < 1.29 is 0 Å². The maximum Gasteiger partial charge on any atom is 0.0762 e. The molecule has 1 aromatic heterocycles. The minimum Gasteiger partial charge on any atom is -0.311 e. The Hall–Kier alpha value is -0.830. The molecule has 1 heterocycles. The van der Waals surface area contributed by atoms with Crippen molar-refractivity contribution in [2.75, 3.05) is 6.54 Å². The number of nitrogens with one attached hydrogen (secondary N) is 1. The molecule has 3 heteroatoms. The Morgan fingerprint density at radius 3 is 2.81 bits per heavy atom. The Balaban J connectivity index is 1.91. The average molecular weight is 221 g/mol. The van der Waals surface area contributed by atoms with Gasteiger partial charge in [0.05, 0.1) is 11.7 Å². The second-order valence-electron chi connectivity index (χ2n) is 4.98. The van der Waals surface area contributed by atoms with Crippen LogP contribution in [0, 0.1) is 5.92 Å². The molecule has 0 aromatic carbocycles. The van der Waals surface area contributed by atoms with Crippen LogP contribution in [0.5, 0.6) is 0 Å². The van der Waals surface area contributed by atoms with Gasteiger partial charge in [-0.25, -0.2) is 0 Å². The molecule has 0 saturated heterocycles. The van der Waals surface area contributed by atoms with Gasteiger partial charge in [-0.1, -0.05) is 13.8 Å². The van der Waals surface area contributed by atoms with Crippen molar-refractivity contribution >= 4 is 0 Å². The number of rotatable bonds is 4. The van der Waals surface area contributed by atoms with Gasteiger partial charge in [0.25, 0.3) is 0 Å². The Bertz CT molecular complexity index is 311. The van der Waals surface area contributed by atoms with E-state index >= 15 is 0 Å². The summed E-state index contributed by atoms with van der Waals surface area (Å²) in [6.07, 6.45) is 7.44. The predicted molar refractivity (Wildman–Crippen MR) is 66.3 cm³/mol.